The fourth-order valence-electron chi connectivity index (χ4n) is 2.75. The van der Waals surface area contributed by atoms with Crippen molar-refractivity contribution in [1.82, 2.24) is 4.90 Å². The molecule has 1 aromatic carbocycles. The van der Waals surface area contributed by atoms with E-state index in [1.807, 2.05) is 6.07 Å². The maximum atomic E-state index is 12.4. The van der Waals surface area contributed by atoms with Gasteiger partial charge < -0.3 is 38.4 Å². The molecular weight excluding hydrogens is 436 g/mol. The lowest BCUT2D eigenvalue weighted by atomic mass is 10.2. The van der Waals surface area contributed by atoms with Gasteiger partial charge in [-0.05, 0) is 25.2 Å². The summed E-state index contributed by atoms with van der Waals surface area (Å²) in [7, 11) is 4.23. The van der Waals surface area contributed by atoms with Crippen LogP contribution in [0.4, 0.5) is 17.1 Å². The van der Waals surface area contributed by atoms with Crippen LogP contribution in [0.15, 0.2) is 18.2 Å². The number of nitrogen functional groups attached to an aromatic ring is 1. The van der Waals surface area contributed by atoms with Crippen LogP contribution in [0.1, 0.15) is 0 Å². The number of amides is 1. The molecule has 0 spiro atoms. The van der Waals surface area contributed by atoms with Crippen molar-refractivity contribution < 1.29 is 26.8 Å². The van der Waals surface area contributed by atoms with Crippen LogP contribution in [0.3, 0.4) is 0 Å². The molecule has 5 N–H and O–H groups in total. The van der Waals surface area contributed by atoms with E-state index in [2.05, 4.69) is 29.6 Å². The summed E-state index contributed by atoms with van der Waals surface area (Å²) in [4.78, 5) is 14.7. The van der Waals surface area contributed by atoms with Gasteiger partial charge >= 0.3 is 0 Å². The lowest BCUT2D eigenvalue weighted by Crippen LogP contribution is -3.00. The van der Waals surface area contributed by atoms with Crippen molar-refractivity contribution in [1.29, 1.82) is 0 Å². The number of likely N-dealkylation sites (N-methyl/N-ethyl adjacent to an activating group) is 2. The molecule has 0 saturated carbocycles. The van der Waals surface area contributed by atoms with Gasteiger partial charge in [0.25, 0.3) is 5.91 Å². The van der Waals surface area contributed by atoms with Gasteiger partial charge in [0.05, 0.1) is 38.1 Å². The molecule has 0 aromatic heterocycles. The van der Waals surface area contributed by atoms with Gasteiger partial charge in [-0.2, -0.15) is 0 Å². The number of anilines is 3. The van der Waals surface area contributed by atoms with E-state index in [9.17, 15) is 4.79 Å². The minimum Gasteiger partial charge on any atom is -1.00 e. The lowest BCUT2D eigenvalue weighted by Gasteiger charge is -2.40. The Hall–Kier alpha value is -0.670. The van der Waals surface area contributed by atoms with E-state index >= 15 is 0 Å². The normalized spacial score (nSPS) is 15.1. The molecule has 11 heteroatoms. The van der Waals surface area contributed by atoms with Crippen LogP contribution in [0.2, 0.25) is 0 Å². The van der Waals surface area contributed by atoms with Crippen molar-refractivity contribution in [3.63, 3.8) is 0 Å². The molecule has 7 nitrogen and oxygen atoms in total. The van der Waals surface area contributed by atoms with Crippen molar-refractivity contribution in [3.05, 3.63) is 18.2 Å². The fraction of sp³-hybridized carbons (Fsp3) is 0.562. The Bertz CT molecular complexity index is 558. The van der Waals surface area contributed by atoms with E-state index in [1.165, 1.54) is 0 Å². The Balaban J connectivity index is -0.00000144. The molecule has 0 unspecified atom stereocenters. The molecule has 0 atom stereocenters. The zero-order valence-electron chi connectivity index (χ0n) is 15.6. The first-order valence-electron chi connectivity index (χ1n) is 7.98. The summed E-state index contributed by atoms with van der Waals surface area (Å²) < 4.78 is 0.748. The standard InChI is InChI=1S/C16H27N5O2.4ClH/c1-20-6-8-21(2,9-7-20)12-16(23)19-15-11-13(17)3-4-14(15)18-5-10-22;;;;/h3-4,11,18,22H,5-10,12,17H2,1-2H3;4*1H. The number of benzene rings is 1. The predicted molar refractivity (Wildman–Crippen MR) is 115 cm³/mol. The number of nitrogens with one attached hydrogen (secondary N) is 2. The van der Waals surface area contributed by atoms with Crippen LogP contribution in [0.25, 0.3) is 0 Å². The second-order valence-corrected chi connectivity index (χ2v) is 6.53. The first-order chi connectivity index (χ1) is 10.9. The first kappa shape index (κ1) is 31.0. The number of rotatable bonds is 6. The van der Waals surface area contributed by atoms with E-state index in [0.29, 0.717) is 24.5 Å². The summed E-state index contributed by atoms with van der Waals surface area (Å²) in [6.07, 6.45) is 0. The predicted octanol–water partition coefficient (Wildman–Crippen LogP) is -1.73. The molecule has 1 saturated heterocycles. The van der Waals surface area contributed by atoms with Crippen molar-refractivity contribution >= 4 is 60.2 Å². The molecule has 1 aliphatic heterocycles. The van der Waals surface area contributed by atoms with Crippen LogP contribution in [0, 0.1) is 0 Å². The van der Waals surface area contributed by atoms with E-state index in [-0.39, 0.29) is 62.1 Å². The molecule has 27 heavy (non-hydrogen) atoms. The van der Waals surface area contributed by atoms with Gasteiger partial charge in [0.15, 0.2) is 6.54 Å². The van der Waals surface area contributed by atoms with Crippen molar-refractivity contribution in [3.8, 4) is 0 Å². The van der Waals surface area contributed by atoms with Crippen molar-refractivity contribution in [2.24, 2.45) is 0 Å². The largest absolute Gasteiger partial charge is 1.00 e. The maximum absolute atomic E-state index is 12.4. The third-order valence-corrected chi connectivity index (χ3v) is 4.31. The summed E-state index contributed by atoms with van der Waals surface area (Å²) in [5.41, 5.74) is 7.83. The van der Waals surface area contributed by atoms with Crippen LogP contribution in [-0.4, -0.2) is 80.4 Å². The molecule has 0 radical (unpaired) electrons. The average Bonchev–Trinajstić information content (AvgIpc) is 2.49. The molecule has 1 heterocycles. The number of hydrogen-bond acceptors (Lipinski definition) is 5. The maximum Gasteiger partial charge on any atom is 0.279 e. The quantitative estimate of drug-likeness (QED) is 0.295. The summed E-state index contributed by atoms with van der Waals surface area (Å²) in [5, 5.41) is 15.0. The molecule has 1 aromatic rings. The number of aliphatic hydroxyl groups is 1. The highest BCUT2D eigenvalue weighted by Gasteiger charge is 2.29. The molecule has 2 rings (SSSR count). The number of nitrogens with zero attached hydrogens (tertiary/aromatic N) is 2. The summed E-state index contributed by atoms with van der Waals surface area (Å²) in [6.45, 7) is 4.85. The number of quaternary nitrogens is 1. The molecule has 0 bridgehead atoms. The Labute approximate surface area is 186 Å². The third-order valence-electron chi connectivity index (χ3n) is 4.31. The highest BCUT2D eigenvalue weighted by Crippen LogP contribution is 2.24. The van der Waals surface area contributed by atoms with Gasteiger partial charge in [0, 0.05) is 25.3 Å². The monoisotopic (exact) mass is 465 g/mol. The fourth-order valence-corrected chi connectivity index (χ4v) is 2.75. The highest BCUT2D eigenvalue weighted by atomic mass is 35.5. The van der Waals surface area contributed by atoms with E-state index in [0.717, 1.165) is 36.3 Å². The second-order valence-electron chi connectivity index (χ2n) is 6.53. The molecule has 0 aliphatic carbocycles. The van der Waals surface area contributed by atoms with Gasteiger partial charge in [-0.1, -0.05) is 0 Å². The Morgan fingerprint density at radius 2 is 1.81 bits per heavy atom. The Kier molecular flexibility index (Phi) is 16.5. The van der Waals surface area contributed by atoms with Crippen molar-refractivity contribution in [2.75, 3.05) is 76.3 Å². The van der Waals surface area contributed by atoms with E-state index in [1.54, 1.807) is 12.1 Å². The van der Waals surface area contributed by atoms with Crippen LogP contribution >= 0.6 is 37.2 Å². The molecular formula is C16H31Cl4N5O2. The Morgan fingerprint density at radius 1 is 1.22 bits per heavy atom. The molecule has 1 aliphatic rings. The van der Waals surface area contributed by atoms with Crippen LogP contribution < -0.4 is 28.8 Å². The minimum absolute atomic E-state index is 0. The minimum atomic E-state index is -0.0188. The van der Waals surface area contributed by atoms with Crippen molar-refractivity contribution in [2.45, 2.75) is 0 Å². The second kappa shape index (κ2) is 14.3. The topological polar surface area (TPSA) is 90.6 Å². The van der Waals surface area contributed by atoms with Gasteiger partial charge in [-0.3, -0.25) is 9.69 Å². The smallest absolute Gasteiger partial charge is 0.279 e. The number of piperazine rings is 1. The number of carbonyl (C=O) groups is 1. The molecule has 160 valence electrons. The highest BCUT2D eigenvalue weighted by molar-refractivity contribution is 5.95. The summed E-state index contributed by atoms with van der Waals surface area (Å²) in [6, 6.07) is 5.32. The Morgan fingerprint density at radius 3 is 2.37 bits per heavy atom. The average molecular weight is 467 g/mol. The number of hydrogen-bond donors (Lipinski definition) is 4. The summed E-state index contributed by atoms with van der Waals surface area (Å²) >= 11 is 0. The SMILES string of the molecule is CN1CC[N+](C)(CC(=O)Nc2cc(N)ccc2NCCO)CC1.Cl.Cl.Cl.[Cl-]. The number of aliphatic hydroxyl groups excluding tert-OH is 1. The van der Waals surface area contributed by atoms with Gasteiger partial charge in [-0.25, -0.2) is 0 Å². The zero-order chi connectivity index (χ0) is 16.9. The van der Waals surface area contributed by atoms with E-state index < -0.39 is 0 Å². The van der Waals surface area contributed by atoms with Gasteiger partial charge in [0.1, 0.15) is 0 Å². The van der Waals surface area contributed by atoms with Gasteiger partial charge in [-0.15, -0.1) is 37.2 Å². The first-order valence-corrected chi connectivity index (χ1v) is 7.98. The summed E-state index contributed by atoms with van der Waals surface area (Å²) in [5.74, 6) is -0.0188. The number of halogens is 4. The number of carbonyl (C=O) groups excluding carboxylic acids is 1. The molecule has 1 fully saturated rings. The van der Waals surface area contributed by atoms with E-state index in [4.69, 9.17) is 10.8 Å². The van der Waals surface area contributed by atoms with Crippen LogP contribution in [-0.2, 0) is 4.79 Å². The van der Waals surface area contributed by atoms with Gasteiger partial charge in [0.2, 0.25) is 0 Å². The number of nitrogens with two attached hydrogens (primary N) is 1. The third kappa shape index (κ3) is 9.89. The lowest BCUT2D eigenvalue weighted by molar-refractivity contribution is -0.905. The molecule has 1 amide bonds. The zero-order valence-corrected chi connectivity index (χ0v) is 18.8. The van der Waals surface area contributed by atoms with Crippen LogP contribution in [0.5, 0.6) is 0 Å².